The molecule has 0 aliphatic carbocycles. The van der Waals surface area contributed by atoms with Gasteiger partial charge in [-0.15, -0.1) is 0 Å². The van der Waals surface area contributed by atoms with Crippen molar-refractivity contribution in [3.63, 3.8) is 0 Å². The molecule has 3 heterocycles. The van der Waals surface area contributed by atoms with Crippen molar-refractivity contribution in [2.24, 2.45) is 23.9 Å². The second-order valence-corrected chi connectivity index (χ2v) is 9.10. The molecular weight excluding hydrogens is 348 g/mol. The highest BCUT2D eigenvalue weighted by atomic mass is 15.3. The number of hydrogen-bond acceptors (Lipinski definition) is 3. The van der Waals surface area contributed by atoms with E-state index in [4.69, 9.17) is 4.99 Å². The third-order valence-electron chi connectivity index (χ3n) is 6.50. The molecule has 1 aromatic rings. The third kappa shape index (κ3) is 5.28. The van der Waals surface area contributed by atoms with Crippen molar-refractivity contribution in [2.75, 3.05) is 39.3 Å². The van der Waals surface area contributed by atoms with Gasteiger partial charge in [-0.3, -0.25) is 14.6 Å². The molecule has 2 saturated heterocycles. The molecule has 6 heteroatoms. The highest BCUT2D eigenvalue weighted by molar-refractivity contribution is 5.80. The molecule has 0 bridgehead atoms. The van der Waals surface area contributed by atoms with Crippen molar-refractivity contribution in [3.8, 4) is 0 Å². The van der Waals surface area contributed by atoms with Crippen molar-refractivity contribution >= 4 is 5.96 Å². The van der Waals surface area contributed by atoms with E-state index in [1.54, 1.807) is 0 Å². The minimum Gasteiger partial charge on any atom is -0.357 e. The average Bonchev–Trinajstić information content (AvgIpc) is 3.31. The Kier molecular flexibility index (Phi) is 7.38. The van der Waals surface area contributed by atoms with E-state index in [-0.39, 0.29) is 0 Å². The van der Waals surface area contributed by atoms with Crippen LogP contribution in [-0.2, 0) is 7.05 Å². The first-order chi connectivity index (χ1) is 13.5. The lowest BCUT2D eigenvalue weighted by molar-refractivity contribution is 0.113. The minimum atomic E-state index is 0.540. The van der Waals surface area contributed by atoms with E-state index in [2.05, 4.69) is 54.1 Å². The predicted octanol–water partition coefficient (Wildman–Crippen LogP) is 2.93. The van der Waals surface area contributed by atoms with Crippen LogP contribution in [0.1, 0.15) is 58.4 Å². The summed E-state index contributed by atoms with van der Waals surface area (Å²) in [5.74, 6) is 3.15. The number of hydrogen-bond donors (Lipinski definition) is 1. The quantitative estimate of drug-likeness (QED) is 0.601. The summed E-state index contributed by atoms with van der Waals surface area (Å²) in [6.07, 6.45) is 8.00. The maximum atomic E-state index is 5.11. The number of aromatic nitrogens is 2. The second kappa shape index (κ2) is 9.77. The van der Waals surface area contributed by atoms with Crippen LogP contribution in [-0.4, -0.2) is 70.9 Å². The zero-order chi connectivity index (χ0) is 20.1. The normalized spacial score (nSPS) is 23.6. The predicted molar refractivity (Wildman–Crippen MR) is 117 cm³/mol. The third-order valence-corrected chi connectivity index (χ3v) is 6.50. The van der Waals surface area contributed by atoms with Gasteiger partial charge in [0.25, 0.3) is 0 Å². The number of nitrogens with zero attached hydrogens (tertiary/aromatic N) is 5. The summed E-state index contributed by atoms with van der Waals surface area (Å²) in [6.45, 7) is 15.6. The summed E-state index contributed by atoms with van der Waals surface area (Å²) < 4.78 is 1.91. The largest absolute Gasteiger partial charge is 0.357 e. The Hall–Kier alpha value is -1.56. The molecule has 0 saturated carbocycles. The molecular formula is C22H40N6. The summed E-state index contributed by atoms with van der Waals surface area (Å²) in [5.41, 5.74) is 1.35. The standard InChI is InChI=1S/C22H40N6/c1-6-23-22(28-12-9-19(16-28)20-13-25-26(5)15-20)24-14-21(17(2)3)27-10-7-18(4)8-11-27/h13,15,17-19,21H,6-12,14,16H2,1-5H3,(H,23,24). The average molecular weight is 389 g/mol. The highest BCUT2D eigenvalue weighted by Crippen LogP contribution is 2.27. The van der Waals surface area contributed by atoms with Gasteiger partial charge in [-0.25, -0.2) is 0 Å². The molecule has 2 unspecified atom stereocenters. The fourth-order valence-electron chi connectivity index (χ4n) is 4.59. The van der Waals surface area contributed by atoms with Crippen LogP contribution in [0, 0.1) is 11.8 Å². The molecule has 0 spiro atoms. The molecule has 1 aromatic heterocycles. The van der Waals surface area contributed by atoms with Crippen LogP contribution in [0.4, 0.5) is 0 Å². The summed E-state index contributed by atoms with van der Waals surface area (Å²) in [6, 6.07) is 0.540. The van der Waals surface area contributed by atoms with E-state index >= 15 is 0 Å². The van der Waals surface area contributed by atoms with E-state index in [1.165, 1.54) is 37.9 Å². The lowest BCUT2D eigenvalue weighted by atomic mass is 9.94. The lowest BCUT2D eigenvalue weighted by Gasteiger charge is -2.38. The minimum absolute atomic E-state index is 0.540. The number of aryl methyl sites for hydroxylation is 1. The van der Waals surface area contributed by atoms with Gasteiger partial charge in [-0.1, -0.05) is 20.8 Å². The SMILES string of the molecule is CCNC(=NCC(C(C)C)N1CCC(C)CC1)N1CCC(c2cnn(C)c2)C1. The molecule has 0 aromatic carbocycles. The van der Waals surface area contributed by atoms with Gasteiger partial charge >= 0.3 is 0 Å². The number of piperidine rings is 1. The maximum Gasteiger partial charge on any atom is 0.193 e. The Morgan fingerprint density at radius 2 is 2.00 bits per heavy atom. The number of likely N-dealkylation sites (tertiary alicyclic amines) is 2. The Morgan fingerprint density at radius 3 is 2.61 bits per heavy atom. The van der Waals surface area contributed by atoms with Crippen LogP contribution < -0.4 is 5.32 Å². The van der Waals surface area contributed by atoms with E-state index in [9.17, 15) is 0 Å². The van der Waals surface area contributed by atoms with Gasteiger partial charge in [-0.2, -0.15) is 5.10 Å². The number of aliphatic imine (C=N–C) groups is 1. The Labute approximate surface area is 171 Å². The zero-order valence-corrected chi connectivity index (χ0v) is 18.6. The van der Waals surface area contributed by atoms with Crippen LogP contribution in [0.25, 0.3) is 0 Å². The van der Waals surface area contributed by atoms with E-state index in [1.807, 2.05) is 17.9 Å². The maximum absolute atomic E-state index is 5.11. The summed E-state index contributed by atoms with van der Waals surface area (Å²) >= 11 is 0. The van der Waals surface area contributed by atoms with Crippen molar-refractivity contribution < 1.29 is 0 Å². The molecule has 2 fully saturated rings. The highest BCUT2D eigenvalue weighted by Gasteiger charge is 2.29. The van der Waals surface area contributed by atoms with Crippen molar-refractivity contribution in [1.29, 1.82) is 0 Å². The fraction of sp³-hybridized carbons (Fsp3) is 0.818. The Morgan fingerprint density at radius 1 is 1.25 bits per heavy atom. The van der Waals surface area contributed by atoms with Gasteiger partial charge in [0.15, 0.2) is 5.96 Å². The van der Waals surface area contributed by atoms with E-state index in [0.717, 1.165) is 38.1 Å². The Balaban J connectivity index is 1.64. The molecule has 0 radical (unpaired) electrons. The molecule has 0 amide bonds. The smallest absolute Gasteiger partial charge is 0.193 e. The first-order valence-corrected chi connectivity index (χ1v) is 11.2. The van der Waals surface area contributed by atoms with Gasteiger partial charge in [-0.05, 0) is 56.7 Å². The van der Waals surface area contributed by atoms with Gasteiger partial charge in [0.05, 0.1) is 12.7 Å². The van der Waals surface area contributed by atoms with Crippen LogP contribution in [0.15, 0.2) is 17.4 Å². The van der Waals surface area contributed by atoms with Crippen LogP contribution in [0.3, 0.4) is 0 Å². The zero-order valence-electron chi connectivity index (χ0n) is 18.6. The van der Waals surface area contributed by atoms with Crippen molar-refractivity contribution in [2.45, 2.75) is 58.9 Å². The monoisotopic (exact) mass is 388 g/mol. The second-order valence-electron chi connectivity index (χ2n) is 9.10. The molecule has 6 nitrogen and oxygen atoms in total. The van der Waals surface area contributed by atoms with Crippen molar-refractivity contribution in [3.05, 3.63) is 18.0 Å². The molecule has 2 aliphatic heterocycles. The molecule has 158 valence electrons. The molecule has 2 aliphatic rings. The summed E-state index contributed by atoms with van der Waals surface area (Å²) in [7, 11) is 2.00. The number of rotatable bonds is 6. The number of nitrogens with one attached hydrogen (secondary N) is 1. The topological polar surface area (TPSA) is 48.7 Å². The molecule has 3 rings (SSSR count). The van der Waals surface area contributed by atoms with Crippen LogP contribution in [0.5, 0.6) is 0 Å². The lowest BCUT2D eigenvalue weighted by Crippen LogP contribution is -2.46. The van der Waals surface area contributed by atoms with Crippen LogP contribution >= 0.6 is 0 Å². The van der Waals surface area contributed by atoms with Gasteiger partial charge < -0.3 is 10.2 Å². The first kappa shape index (κ1) is 21.2. The summed E-state index contributed by atoms with van der Waals surface area (Å²) in [4.78, 5) is 10.2. The van der Waals surface area contributed by atoms with Gasteiger partial charge in [0.1, 0.15) is 0 Å². The Bertz CT molecular complexity index is 629. The van der Waals surface area contributed by atoms with Crippen molar-refractivity contribution in [1.82, 2.24) is 24.9 Å². The molecule has 28 heavy (non-hydrogen) atoms. The van der Waals surface area contributed by atoms with Crippen LogP contribution in [0.2, 0.25) is 0 Å². The number of guanidine groups is 1. The van der Waals surface area contributed by atoms with E-state index < -0.39 is 0 Å². The molecule has 1 N–H and O–H groups in total. The fourth-order valence-corrected chi connectivity index (χ4v) is 4.59. The van der Waals surface area contributed by atoms with Gasteiger partial charge in [0, 0.05) is 44.8 Å². The van der Waals surface area contributed by atoms with E-state index in [0.29, 0.717) is 17.9 Å². The first-order valence-electron chi connectivity index (χ1n) is 11.2. The van der Waals surface area contributed by atoms with Gasteiger partial charge in [0.2, 0.25) is 0 Å². The summed E-state index contributed by atoms with van der Waals surface area (Å²) in [5, 5.41) is 7.89. The molecule has 2 atom stereocenters.